The third-order valence-electron chi connectivity index (χ3n) is 6.88. The molecule has 4 aromatic heterocycles. The average Bonchev–Trinajstić information content (AvgIpc) is 3.39. The van der Waals surface area contributed by atoms with E-state index < -0.39 is 0 Å². The summed E-state index contributed by atoms with van der Waals surface area (Å²) in [5.74, 6) is 2.95. The Hall–Kier alpha value is -2.91. The summed E-state index contributed by atoms with van der Waals surface area (Å²) in [6.07, 6.45) is 10.4. The summed E-state index contributed by atoms with van der Waals surface area (Å²) in [6.45, 7) is 0. The Kier molecular flexibility index (Phi) is 4.87. The number of thiophene rings is 1. The van der Waals surface area contributed by atoms with Gasteiger partial charge in [-0.05, 0) is 50.2 Å². The number of nitrogens with two attached hydrogens (primary N) is 1. The number of H-pyrrole nitrogens is 1. The second kappa shape index (κ2) is 8.09. The second-order valence-corrected chi connectivity index (χ2v) is 11.2. The topological polar surface area (TPSA) is 98.3 Å². The van der Waals surface area contributed by atoms with Crippen molar-refractivity contribution in [3.05, 3.63) is 46.7 Å². The molecular formula is C25H25N7S2. The standard InChI is InChI=1S/C25H25N7S2/c26-22-21-16-7-2-1-3-9-19(16)34-24(21)29-20(28-22)13-33-25-31-30-23(32(25)14-10-11-14)17-12-27-18-8-5-4-6-15(17)18/h4-6,8,12,14,27H,1-3,7,9-11,13H2,(H2,26,28,29). The summed E-state index contributed by atoms with van der Waals surface area (Å²) in [5, 5.41) is 12.4. The molecule has 2 aliphatic carbocycles. The maximum Gasteiger partial charge on any atom is 0.192 e. The quantitative estimate of drug-likeness (QED) is 0.236. The molecule has 0 unspecified atom stereocenters. The van der Waals surface area contributed by atoms with Crippen LogP contribution in [-0.4, -0.2) is 29.7 Å². The minimum atomic E-state index is 0.461. The van der Waals surface area contributed by atoms with Gasteiger partial charge in [0, 0.05) is 33.6 Å². The smallest absolute Gasteiger partial charge is 0.192 e. The number of anilines is 1. The molecule has 5 aromatic rings. The number of rotatable bonds is 5. The summed E-state index contributed by atoms with van der Waals surface area (Å²) in [5.41, 5.74) is 10.1. The maximum absolute atomic E-state index is 6.46. The molecule has 7 rings (SSSR count). The van der Waals surface area contributed by atoms with Crippen molar-refractivity contribution < 1.29 is 0 Å². The lowest BCUT2D eigenvalue weighted by Gasteiger charge is -2.08. The van der Waals surface area contributed by atoms with E-state index in [-0.39, 0.29) is 0 Å². The Balaban J connectivity index is 1.21. The highest BCUT2D eigenvalue weighted by Gasteiger charge is 2.31. The van der Waals surface area contributed by atoms with E-state index in [9.17, 15) is 0 Å². The second-order valence-electron chi connectivity index (χ2n) is 9.21. The molecule has 7 nitrogen and oxygen atoms in total. The molecule has 0 amide bonds. The molecule has 9 heteroatoms. The lowest BCUT2D eigenvalue weighted by atomic mass is 10.1. The fourth-order valence-electron chi connectivity index (χ4n) is 5.08. The van der Waals surface area contributed by atoms with E-state index in [1.807, 2.05) is 23.6 Å². The van der Waals surface area contributed by atoms with Crippen LogP contribution in [0, 0.1) is 0 Å². The van der Waals surface area contributed by atoms with E-state index in [0.717, 1.165) is 63.8 Å². The van der Waals surface area contributed by atoms with Gasteiger partial charge in [0.2, 0.25) is 0 Å². The molecule has 3 N–H and O–H groups in total. The van der Waals surface area contributed by atoms with Crippen molar-refractivity contribution in [3.8, 4) is 11.4 Å². The van der Waals surface area contributed by atoms with Crippen LogP contribution >= 0.6 is 23.1 Å². The first kappa shape index (κ1) is 20.5. The van der Waals surface area contributed by atoms with Gasteiger partial charge in [0.25, 0.3) is 0 Å². The predicted octanol–water partition coefficient (Wildman–Crippen LogP) is 5.91. The van der Waals surface area contributed by atoms with Crippen LogP contribution in [0.3, 0.4) is 0 Å². The van der Waals surface area contributed by atoms with Crippen molar-refractivity contribution in [2.24, 2.45) is 0 Å². The Bertz CT molecular complexity index is 1530. The van der Waals surface area contributed by atoms with Crippen LogP contribution in [-0.2, 0) is 18.6 Å². The summed E-state index contributed by atoms with van der Waals surface area (Å²) in [7, 11) is 0. The molecule has 0 aliphatic heterocycles. The third-order valence-corrected chi connectivity index (χ3v) is 9.00. The van der Waals surface area contributed by atoms with Crippen LogP contribution in [0.5, 0.6) is 0 Å². The first-order valence-electron chi connectivity index (χ1n) is 12.0. The summed E-state index contributed by atoms with van der Waals surface area (Å²) < 4.78 is 2.30. The third kappa shape index (κ3) is 3.41. The van der Waals surface area contributed by atoms with Crippen molar-refractivity contribution in [3.63, 3.8) is 0 Å². The van der Waals surface area contributed by atoms with E-state index >= 15 is 0 Å². The lowest BCUT2D eigenvalue weighted by molar-refractivity contribution is 0.669. The number of benzene rings is 1. The van der Waals surface area contributed by atoms with Crippen molar-refractivity contribution in [2.75, 3.05) is 5.73 Å². The molecule has 1 fully saturated rings. The molecule has 4 heterocycles. The van der Waals surface area contributed by atoms with Crippen LogP contribution in [0.2, 0.25) is 0 Å². The summed E-state index contributed by atoms with van der Waals surface area (Å²) in [4.78, 5) is 15.5. The molecule has 34 heavy (non-hydrogen) atoms. The number of fused-ring (bicyclic) bond motifs is 4. The SMILES string of the molecule is Nc1nc(CSc2nnc(-c3c[nH]c4ccccc34)n2C2CC2)nc2sc3c(c12)CCCCC3. The summed E-state index contributed by atoms with van der Waals surface area (Å²) in [6, 6.07) is 8.80. The fraction of sp³-hybridized carbons (Fsp3) is 0.360. The van der Waals surface area contributed by atoms with Gasteiger partial charge >= 0.3 is 0 Å². The zero-order valence-electron chi connectivity index (χ0n) is 18.8. The lowest BCUT2D eigenvalue weighted by Crippen LogP contribution is -2.02. The fourth-order valence-corrected chi connectivity index (χ4v) is 7.23. The molecule has 2 aliphatic rings. The van der Waals surface area contributed by atoms with Gasteiger partial charge in [-0.25, -0.2) is 9.97 Å². The normalized spacial score (nSPS) is 16.2. The van der Waals surface area contributed by atoms with Gasteiger partial charge in [0.15, 0.2) is 11.0 Å². The van der Waals surface area contributed by atoms with Gasteiger partial charge in [-0.2, -0.15) is 0 Å². The number of hydrogen-bond acceptors (Lipinski definition) is 7. The number of aromatic amines is 1. The Labute approximate surface area is 205 Å². The Morgan fingerprint density at radius 3 is 2.88 bits per heavy atom. The zero-order valence-corrected chi connectivity index (χ0v) is 20.4. The van der Waals surface area contributed by atoms with E-state index in [1.165, 1.54) is 35.1 Å². The van der Waals surface area contributed by atoms with Crippen molar-refractivity contribution in [1.29, 1.82) is 0 Å². The first-order chi connectivity index (χ1) is 16.8. The monoisotopic (exact) mass is 487 g/mol. The van der Waals surface area contributed by atoms with Crippen molar-refractivity contribution >= 4 is 50.0 Å². The number of nitrogens with zero attached hydrogens (tertiary/aromatic N) is 5. The number of thioether (sulfide) groups is 1. The number of hydrogen-bond donors (Lipinski definition) is 2. The van der Waals surface area contributed by atoms with Crippen molar-refractivity contribution in [2.45, 2.75) is 61.9 Å². The van der Waals surface area contributed by atoms with E-state index in [4.69, 9.17) is 15.7 Å². The Morgan fingerprint density at radius 1 is 1.09 bits per heavy atom. The van der Waals surface area contributed by atoms with Crippen LogP contribution in [0.4, 0.5) is 5.82 Å². The molecule has 1 saturated carbocycles. The molecule has 1 aromatic carbocycles. The minimum absolute atomic E-state index is 0.461. The van der Waals surface area contributed by atoms with Crippen LogP contribution in [0.25, 0.3) is 32.5 Å². The largest absolute Gasteiger partial charge is 0.383 e. The summed E-state index contributed by atoms with van der Waals surface area (Å²) >= 11 is 3.46. The highest BCUT2D eigenvalue weighted by atomic mass is 32.2. The van der Waals surface area contributed by atoms with Gasteiger partial charge < -0.3 is 10.7 Å². The molecule has 0 spiro atoms. The molecule has 0 bridgehead atoms. The van der Waals surface area contributed by atoms with E-state index in [1.54, 1.807) is 11.8 Å². The minimum Gasteiger partial charge on any atom is -0.383 e. The van der Waals surface area contributed by atoms with Gasteiger partial charge in [0.05, 0.1) is 11.1 Å². The predicted molar refractivity (Wildman–Crippen MR) is 138 cm³/mol. The number of aryl methyl sites for hydroxylation is 2. The van der Waals surface area contributed by atoms with Gasteiger partial charge in [-0.3, -0.25) is 4.57 Å². The number of para-hydroxylation sites is 1. The van der Waals surface area contributed by atoms with E-state index in [2.05, 4.69) is 37.9 Å². The highest BCUT2D eigenvalue weighted by molar-refractivity contribution is 7.98. The Morgan fingerprint density at radius 2 is 1.97 bits per heavy atom. The average molecular weight is 488 g/mol. The highest BCUT2D eigenvalue weighted by Crippen LogP contribution is 2.43. The van der Waals surface area contributed by atoms with Gasteiger partial charge in [0.1, 0.15) is 16.5 Å². The van der Waals surface area contributed by atoms with Gasteiger partial charge in [-0.15, -0.1) is 21.5 Å². The van der Waals surface area contributed by atoms with Crippen LogP contribution in [0.1, 0.15) is 54.4 Å². The van der Waals surface area contributed by atoms with Gasteiger partial charge in [-0.1, -0.05) is 36.4 Å². The number of nitrogens with one attached hydrogen (secondary N) is 1. The van der Waals surface area contributed by atoms with Crippen molar-refractivity contribution in [1.82, 2.24) is 29.7 Å². The molecule has 0 radical (unpaired) electrons. The molecule has 0 saturated heterocycles. The number of nitrogen functional groups attached to an aromatic ring is 1. The number of aromatic nitrogens is 6. The van der Waals surface area contributed by atoms with Crippen LogP contribution in [0.15, 0.2) is 35.6 Å². The zero-order chi connectivity index (χ0) is 22.6. The van der Waals surface area contributed by atoms with E-state index in [0.29, 0.717) is 17.6 Å². The molecule has 172 valence electrons. The molecular weight excluding hydrogens is 462 g/mol. The molecule has 0 atom stereocenters. The first-order valence-corrected chi connectivity index (χ1v) is 13.8. The maximum atomic E-state index is 6.46. The van der Waals surface area contributed by atoms with Crippen LogP contribution < -0.4 is 5.73 Å².